The first-order chi connectivity index (χ1) is 12.9. The molecule has 0 radical (unpaired) electrons. The Morgan fingerprint density at radius 1 is 1.07 bits per heavy atom. The Morgan fingerprint density at radius 2 is 1.67 bits per heavy atom. The molecule has 1 aromatic carbocycles. The third-order valence-electron chi connectivity index (χ3n) is 7.11. The van der Waals surface area contributed by atoms with Crippen LogP contribution in [0.5, 0.6) is 0 Å². The second kappa shape index (κ2) is 5.54. The molecule has 140 valence electrons. The highest BCUT2D eigenvalue weighted by atomic mass is 16.2. The van der Waals surface area contributed by atoms with Gasteiger partial charge in [-0.25, -0.2) is 0 Å². The van der Waals surface area contributed by atoms with Crippen LogP contribution in [0, 0.1) is 49.4 Å². The monoisotopic (exact) mass is 364 g/mol. The number of rotatable bonds is 3. The van der Waals surface area contributed by atoms with Crippen molar-refractivity contribution in [3.8, 4) is 0 Å². The molecule has 7 atom stereocenters. The number of likely N-dealkylation sites (tertiary alicyclic amines) is 1. The van der Waals surface area contributed by atoms with Gasteiger partial charge in [0.15, 0.2) is 0 Å². The Hall–Kier alpha value is -2.43. The maximum Gasteiger partial charge on any atom is 0.247 e. The molecule has 1 saturated heterocycles. The van der Waals surface area contributed by atoms with Gasteiger partial charge >= 0.3 is 0 Å². The van der Waals surface area contributed by atoms with Crippen LogP contribution in [0.1, 0.15) is 24.5 Å². The Morgan fingerprint density at radius 3 is 2.26 bits per heavy atom. The molecule has 4 aliphatic carbocycles. The summed E-state index contributed by atoms with van der Waals surface area (Å²) in [4.78, 5) is 40.3. The number of imide groups is 1. The first-order valence-electron chi connectivity index (χ1n) is 9.82. The average molecular weight is 364 g/mol. The summed E-state index contributed by atoms with van der Waals surface area (Å²) in [6.07, 6.45) is 5.43. The number of allylic oxidation sites excluding steroid dienone is 2. The molecule has 1 heterocycles. The molecule has 5 aliphatic rings. The van der Waals surface area contributed by atoms with E-state index in [1.807, 2.05) is 32.0 Å². The molecule has 0 unspecified atom stereocenters. The van der Waals surface area contributed by atoms with E-state index in [-0.39, 0.29) is 41.4 Å². The minimum atomic E-state index is -0.800. The molecule has 0 spiro atoms. The van der Waals surface area contributed by atoms with Crippen molar-refractivity contribution >= 4 is 23.4 Å². The van der Waals surface area contributed by atoms with Crippen LogP contribution in [0.3, 0.4) is 0 Å². The summed E-state index contributed by atoms with van der Waals surface area (Å²) in [5.74, 6) is 0.362. The van der Waals surface area contributed by atoms with E-state index in [1.54, 1.807) is 6.92 Å². The topological polar surface area (TPSA) is 66.5 Å². The lowest BCUT2D eigenvalue weighted by Gasteiger charge is -2.37. The second-order valence-corrected chi connectivity index (χ2v) is 8.68. The quantitative estimate of drug-likeness (QED) is 0.662. The van der Waals surface area contributed by atoms with Gasteiger partial charge in [0.25, 0.3) is 0 Å². The van der Waals surface area contributed by atoms with Gasteiger partial charge in [0.2, 0.25) is 17.7 Å². The van der Waals surface area contributed by atoms with Crippen LogP contribution >= 0.6 is 0 Å². The molecule has 6 rings (SSSR count). The molecule has 1 aliphatic heterocycles. The molecule has 3 amide bonds. The van der Waals surface area contributed by atoms with E-state index in [1.165, 1.54) is 4.90 Å². The Kier molecular flexibility index (Phi) is 3.43. The van der Waals surface area contributed by atoms with Crippen molar-refractivity contribution in [3.05, 3.63) is 41.5 Å². The van der Waals surface area contributed by atoms with Crippen LogP contribution in [0.2, 0.25) is 0 Å². The highest BCUT2D eigenvalue weighted by molar-refractivity contribution is 6.10. The molecular formula is C22H24N2O3. The first kappa shape index (κ1) is 16.7. The molecule has 5 heteroatoms. The number of nitrogens with zero attached hydrogens (tertiary/aromatic N) is 1. The lowest BCUT2D eigenvalue weighted by atomic mass is 9.63. The highest BCUT2D eigenvalue weighted by Gasteiger charge is 2.67. The smallest absolute Gasteiger partial charge is 0.247 e. The number of nitrogens with one attached hydrogen (secondary N) is 1. The zero-order chi connectivity index (χ0) is 19.0. The number of carbonyl (C=O) groups is 3. The van der Waals surface area contributed by atoms with Gasteiger partial charge in [-0.3, -0.25) is 19.3 Å². The van der Waals surface area contributed by atoms with Crippen LogP contribution < -0.4 is 5.32 Å². The van der Waals surface area contributed by atoms with E-state index in [4.69, 9.17) is 0 Å². The number of amides is 3. The molecule has 1 N–H and O–H groups in total. The predicted octanol–water partition coefficient (Wildman–Crippen LogP) is 2.68. The highest BCUT2D eigenvalue weighted by Crippen LogP contribution is 2.65. The summed E-state index contributed by atoms with van der Waals surface area (Å²) in [5.41, 5.74) is 2.73. The van der Waals surface area contributed by atoms with Crippen LogP contribution in [0.25, 0.3) is 0 Å². The predicted molar refractivity (Wildman–Crippen MR) is 101 cm³/mol. The molecule has 27 heavy (non-hydrogen) atoms. The molecule has 2 saturated carbocycles. The van der Waals surface area contributed by atoms with E-state index in [2.05, 4.69) is 17.5 Å². The average Bonchev–Trinajstić information content (AvgIpc) is 3.42. The van der Waals surface area contributed by atoms with E-state index in [9.17, 15) is 14.4 Å². The molecule has 1 aromatic rings. The van der Waals surface area contributed by atoms with Crippen LogP contribution in [-0.2, 0) is 14.4 Å². The van der Waals surface area contributed by atoms with Gasteiger partial charge in [0.1, 0.15) is 6.04 Å². The van der Waals surface area contributed by atoms with Gasteiger partial charge in [-0.15, -0.1) is 0 Å². The number of hydrogen-bond acceptors (Lipinski definition) is 3. The van der Waals surface area contributed by atoms with Crippen molar-refractivity contribution in [2.24, 2.45) is 35.5 Å². The third kappa shape index (κ3) is 2.27. The minimum Gasteiger partial charge on any atom is -0.324 e. The van der Waals surface area contributed by atoms with Crippen molar-refractivity contribution < 1.29 is 14.4 Å². The summed E-state index contributed by atoms with van der Waals surface area (Å²) in [6, 6.07) is 5.05. The zero-order valence-electron chi connectivity index (χ0n) is 15.8. The Bertz CT molecular complexity index is 869. The summed E-state index contributed by atoms with van der Waals surface area (Å²) < 4.78 is 0. The Balaban J connectivity index is 1.39. The summed E-state index contributed by atoms with van der Waals surface area (Å²) in [7, 11) is 0. The van der Waals surface area contributed by atoms with Crippen molar-refractivity contribution in [1.82, 2.24) is 4.90 Å². The summed E-state index contributed by atoms with van der Waals surface area (Å²) in [6.45, 7) is 5.55. The SMILES string of the molecule is Cc1ccc(C)c(NC(=O)[C@H](C)N2C(=O)[C@@H]3[C@H]4C=C[C@@H]([C@@H]5C[C@@H]45)[C@H]3C2=O)c1. The summed E-state index contributed by atoms with van der Waals surface area (Å²) in [5, 5.41) is 2.91. The van der Waals surface area contributed by atoms with Gasteiger partial charge in [-0.2, -0.15) is 0 Å². The van der Waals surface area contributed by atoms with E-state index in [0.29, 0.717) is 11.8 Å². The normalized spacial score (nSPS) is 36.5. The van der Waals surface area contributed by atoms with Gasteiger partial charge in [-0.1, -0.05) is 24.3 Å². The van der Waals surface area contributed by atoms with Crippen LogP contribution in [-0.4, -0.2) is 28.7 Å². The first-order valence-corrected chi connectivity index (χ1v) is 9.82. The molecule has 2 bridgehead atoms. The maximum atomic E-state index is 13.1. The van der Waals surface area contributed by atoms with Gasteiger partial charge in [0.05, 0.1) is 11.8 Å². The largest absolute Gasteiger partial charge is 0.324 e. The standard InChI is InChI=1S/C22H24N2O3/c1-10-4-5-11(2)17(8-10)23-20(25)12(3)24-21(26)18-13-6-7-14(16-9-15(13)16)19(18)22(24)27/h4-8,12-16,18-19H,9H2,1-3H3,(H,23,25)/t12-,13-,14-,15-,16-,18+,19+/m0/s1. The van der Waals surface area contributed by atoms with Crippen molar-refractivity contribution in [2.45, 2.75) is 33.2 Å². The van der Waals surface area contributed by atoms with Crippen molar-refractivity contribution in [2.75, 3.05) is 5.32 Å². The van der Waals surface area contributed by atoms with Crippen LogP contribution in [0.4, 0.5) is 5.69 Å². The fourth-order valence-corrected chi connectivity index (χ4v) is 5.59. The maximum absolute atomic E-state index is 13.1. The number of benzene rings is 1. The van der Waals surface area contributed by atoms with E-state index < -0.39 is 6.04 Å². The van der Waals surface area contributed by atoms with E-state index >= 15 is 0 Å². The lowest BCUT2D eigenvalue weighted by Crippen LogP contribution is -2.46. The fourth-order valence-electron chi connectivity index (χ4n) is 5.59. The minimum absolute atomic E-state index is 0.154. The molecule has 5 nitrogen and oxygen atoms in total. The summed E-state index contributed by atoms with van der Waals surface area (Å²) >= 11 is 0. The number of aryl methyl sites for hydroxylation is 2. The Labute approximate surface area is 158 Å². The number of anilines is 1. The second-order valence-electron chi connectivity index (χ2n) is 8.68. The molecular weight excluding hydrogens is 340 g/mol. The number of carbonyl (C=O) groups excluding carboxylic acids is 3. The van der Waals surface area contributed by atoms with Gasteiger partial charge in [-0.05, 0) is 68.1 Å². The number of hydrogen-bond donors (Lipinski definition) is 1. The van der Waals surface area contributed by atoms with E-state index in [0.717, 1.165) is 23.2 Å². The van der Waals surface area contributed by atoms with Gasteiger partial charge in [0, 0.05) is 5.69 Å². The third-order valence-corrected chi connectivity index (χ3v) is 7.11. The van der Waals surface area contributed by atoms with Crippen LogP contribution in [0.15, 0.2) is 30.4 Å². The van der Waals surface area contributed by atoms with Gasteiger partial charge < -0.3 is 5.32 Å². The molecule has 0 aromatic heterocycles. The molecule has 3 fully saturated rings. The fraction of sp³-hybridized carbons (Fsp3) is 0.500. The van der Waals surface area contributed by atoms with Crippen molar-refractivity contribution in [1.29, 1.82) is 0 Å². The lowest BCUT2D eigenvalue weighted by molar-refractivity contribution is -0.146. The zero-order valence-corrected chi connectivity index (χ0v) is 15.8. The van der Waals surface area contributed by atoms with Crippen molar-refractivity contribution in [3.63, 3.8) is 0 Å².